The molecule has 6 rings (SSSR count). The molecule has 4 saturated carbocycles. The average Bonchev–Trinajstić information content (AvgIpc) is 3.59. The van der Waals surface area contributed by atoms with Gasteiger partial charge in [-0.05, 0) is 105 Å². The molecule has 4 bridgehead atoms. The van der Waals surface area contributed by atoms with Crippen molar-refractivity contribution in [3.05, 3.63) is 66.2 Å². The van der Waals surface area contributed by atoms with E-state index in [-0.39, 0.29) is 17.2 Å². The van der Waals surface area contributed by atoms with Gasteiger partial charge in [0.1, 0.15) is 11.4 Å². The number of halogens is 3. The summed E-state index contributed by atoms with van der Waals surface area (Å²) in [6.45, 7) is 6.14. The summed E-state index contributed by atoms with van der Waals surface area (Å²) in [5.74, 6) is 2.44. The van der Waals surface area contributed by atoms with Crippen molar-refractivity contribution < 1.29 is 32.2 Å². The maximum Gasteiger partial charge on any atom is 0.573 e. The van der Waals surface area contributed by atoms with Gasteiger partial charge in [0.05, 0.1) is 5.56 Å². The first-order valence-corrected chi connectivity index (χ1v) is 12.7. The molecule has 0 heterocycles. The Morgan fingerprint density at radius 2 is 1.69 bits per heavy atom. The highest BCUT2D eigenvalue weighted by atomic mass is 19.4. The van der Waals surface area contributed by atoms with Gasteiger partial charge >= 0.3 is 12.3 Å². The van der Waals surface area contributed by atoms with Gasteiger partial charge in [0.15, 0.2) is 11.5 Å². The first-order valence-electron chi connectivity index (χ1n) is 12.7. The Balaban J connectivity index is 1.34. The van der Waals surface area contributed by atoms with Crippen LogP contribution in [0.2, 0.25) is 0 Å². The van der Waals surface area contributed by atoms with E-state index in [9.17, 15) is 18.0 Å². The van der Waals surface area contributed by atoms with Gasteiger partial charge in [-0.1, -0.05) is 24.8 Å². The molecule has 0 aliphatic heterocycles. The molecule has 7 atom stereocenters. The molecule has 4 nitrogen and oxygen atoms in total. The average molecular weight is 499 g/mol. The van der Waals surface area contributed by atoms with Crippen molar-refractivity contribution >= 4 is 5.97 Å². The van der Waals surface area contributed by atoms with E-state index in [2.05, 4.69) is 11.3 Å². The smallest absolute Gasteiger partial charge is 0.479 e. The largest absolute Gasteiger partial charge is 0.573 e. The molecule has 4 aliphatic carbocycles. The van der Waals surface area contributed by atoms with Crippen LogP contribution in [0, 0.1) is 35.5 Å². The zero-order valence-corrected chi connectivity index (χ0v) is 20.1. The van der Waals surface area contributed by atoms with Crippen LogP contribution in [0.5, 0.6) is 17.2 Å². The number of fused-ring (bicyclic) bond motifs is 9. The third-order valence-electron chi connectivity index (χ3n) is 9.15. The molecule has 0 spiro atoms. The van der Waals surface area contributed by atoms with Crippen molar-refractivity contribution in [3.63, 3.8) is 0 Å². The minimum absolute atomic E-state index is 0.0844. The summed E-state index contributed by atoms with van der Waals surface area (Å²) in [6, 6.07) is 12.2. The normalized spacial score (nSPS) is 33.9. The third kappa shape index (κ3) is 3.78. The van der Waals surface area contributed by atoms with Crippen molar-refractivity contribution in [2.75, 3.05) is 0 Å². The molecule has 4 fully saturated rings. The maximum atomic E-state index is 13.3. The summed E-state index contributed by atoms with van der Waals surface area (Å²) in [6.07, 6.45) is 0.639. The van der Waals surface area contributed by atoms with Crippen molar-refractivity contribution in [1.29, 1.82) is 0 Å². The second-order valence-electron chi connectivity index (χ2n) is 11.0. The van der Waals surface area contributed by atoms with Crippen molar-refractivity contribution in [2.45, 2.75) is 51.0 Å². The summed E-state index contributed by atoms with van der Waals surface area (Å²) < 4.78 is 56.1. The van der Waals surface area contributed by atoms with Gasteiger partial charge in [0.25, 0.3) is 0 Å². The predicted octanol–water partition coefficient (Wildman–Crippen LogP) is 7.20. The fraction of sp³-hybridized carbons (Fsp3) is 0.483. The predicted molar refractivity (Wildman–Crippen MR) is 127 cm³/mol. The molecule has 4 aliphatic rings. The van der Waals surface area contributed by atoms with Gasteiger partial charge in [0.2, 0.25) is 0 Å². The van der Waals surface area contributed by atoms with E-state index in [0.717, 1.165) is 30.4 Å². The highest BCUT2D eigenvalue weighted by Crippen LogP contribution is 2.71. The Kier molecular flexibility index (Phi) is 5.39. The Labute approximate surface area is 208 Å². The van der Waals surface area contributed by atoms with Crippen LogP contribution in [0.4, 0.5) is 13.2 Å². The fourth-order valence-electron chi connectivity index (χ4n) is 8.05. The molecular formula is C29H29F3O4. The van der Waals surface area contributed by atoms with Crippen molar-refractivity contribution in [2.24, 2.45) is 35.5 Å². The molecule has 0 radical (unpaired) electrons. The molecule has 0 amide bonds. The lowest BCUT2D eigenvalue weighted by Crippen LogP contribution is -2.49. The Bertz CT molecular complexity index is 1190. The number of carbonyl (C=O) groups excluding carboxylic acids is 1. The highest BCUT2D eigenvalue weighted by molar-refractivity contribution is 5.91. The van der Waals surface area contributed by atoms with Crippen LogP contribution in [0.15, 0.2) is 60.7 Å². The summed E-state index contributed by atoms with van der Waals surface area (Å²) in [7, 11) is 0. The third-order valence-corrected chi connectivity index (χ3v) is 9.15. The zero-order chi connectivity index (χ0) is 25.2. The monoisotopic (exact) mass is 498 g/mol. The second-order valence-corrected chi connectivity index (χ2v) is 11.0. The van der Waals surface area contributed by atoms with E-state index >= 15 is 0 Å². The lowest BCUT2D eigenvalue weighted by molar-refractivity contribution is -0.275. The number of benzene rings is 2. The lowest BCUT2D eigenvalue weighted by Gasteiger charge is -2.47. The molecule has 7 heteroatoms. The van der Waals surface area contributed by atoms with Gasteiger partial charge < -0.3 is 14.2 Å². The van der Waals surface area contributed by atoms with Crippen LogP contribution in [0.1, 0.15) is 49.4 Å². The molecule has 190 valence electrons. The van der Waals surface area contributed by atoms with Crippen molar-refractivity contribution in [1.82, 2.24) is 0 Å². The standard InChI is InChI=1S/C29H29F3O4/c1-16(2)28(15-20-13-22(28)26-18-9-8-17(12-18)25(20)26)35-24-14-19(10-11-23(24)36-29(30,31)32)27(33)34-21-6-4-3-5-7-21/h3-7,10-11,14,17-18,20,22,25-26H,1,8-9,12-13,15H2,2H3. The zero-order valence-electron chi connectivity index (χ0n) is 20.1. The second kappa shape index (κ2) is 8.29. The van der Waals surface area contributed by atoms with Crippen LogP contribution in [-0.4, -0.2) is 17.9 Å². The topological polar surface area (TPSA) is 44.8 Å². The minimum atomic E-state index is -4.90. The summed E-state index contributed by atoms with van der Waals surface area (Å²) in [5.41, 5.74) is 0.120. The number of hydrogen-bond donors (Lipinski definition) is 0. The van der Waals surface area contributed by atoms with E-state index in [1.54, 1.807) is 30.3 Å². The Hall–Kier alpha value is -2.96. The number of alkyl halides is 3. The van der Waals surface area contributed by atoms with Crippen LogP contribution in [0.3, 0.4) is 0 Å². The van der Waals surface area contributed by atoms with E-state index in [0.29, 0.717) is 29.4 Å². The molecule has 7 unspecified atom stereocenters. The van der Waals surface area contributed by atoms with E-state index in [1.807, 2.05) is 6.92 Å². The minimum Gasteiger partial charge on any atom is -0.479 e. The first kappa shape index (κ1) is 23.4. The number of rotatable bonds is 6. The summed E-state index contributed by atoms with van der Waals surface area (Å²) >= 11 is 0. The maximum absolute atomic E-state index is 13.3. The van der Waals surface area contributed by atoms with Gasteiger partial charge in [0, 0.05) is 5.92 Å². The van der Waals surface area contributed by atoms with Crippen molar-refractivity contribution in [3.8, 4) is 17.2 Å². The van der Waals surface area contributed by atoms with E-state index < -0.39 is 23.7 Å². The van der Waals surface area contributed by atoms with Crippen LogP contribution in [0.25, 0.3) is 0 Å². The lowest BCUT2D eigenvalue weighted by atomic mass is 9.64. The molecular weight excluding hydrogens is 469 g/mol. The molecule has 2 aromatic carbocycles. The number of hydrogen-bond acceptors (Lipinski definition) is 4. The molecule has 0 N–H and O–H groups in total. The van der Waals surface area contributed by atoms with E-state index in [4.69, 9.17) is 9.47 Å². The van der Waals surface area contributed by atoms with Gasteiger partial charge in [-0.15, -0.1) is 13.2 Å². The first-order chi connectivity index (χ1) is 17.1. The number of esters is 1. The van der Waals surface area contributed by atoms with Crippen LogP contribution >= 0.6 is 0 Å². The fourth-order valence-corrected chi connectivity index (χ4v) is 8.05. The SMILES string of the molecule is C=C(C)C1(Oc2cc(C(=O)Oc3ccccc3)ccc2OC(F)(F)F)CC2CC1C1C3CCC(C3)C21. The molecule has 2 aromatic rings. The summed E-state index contributed by atoms with van der Waals surface area (Å²) in [5, 5.41) is 0. The van der Waals surface area contributed by atoms with Gasteiger partial charge in [-0.3, -0.25) is 0 Å². The molecule has 0 aromatic heterocycles. The van der Waals surface area contributed by atoms with Gasteiger partial charge in [-0.25, -0.2) is 4.79 Å². The number of carbonyl (C=O) groups is 1. The van der Waals surface area contributed by atoms with Gasteiger partial charge in [-0.2, -0.15) is 0 Å². The van der Waals surface area contributed by atoms with E-state index in [1.165, 1.54) is 31.4 Å². The highest BCUT2D eigenvalue weighted by Gasteiger charge is 2.68. The number of para-hydroxylation sites is 1. The Morgan fingerprint density at radius 3 is 2.39 bits per heavy atom. The quantitative estimate of drug-likeness (QED) is 0.183. The number of ether oxygens (including phenoxy) is 3. The molecule has 36 heavy (non-hydrogen) atoms. The Morgan fingerprint density at radius 1 is 0.972 bits per heavy atom. The van der Waals surface area contributed by atoms with Crippen LogP contribution in [-0.2, 0) is 0 Å². The molecule has 0 saturated heterocycles. The van der Waals surface area contributed by atoms with Crippen LogP contribution < -0.4 is 14.2 Å². The summed E-state index contributed by atoms with van der Waals surface area (Å²) in [4.78, 5) is 12.8.